The van der Waals surface area contributed by atoms with Gasteiger partial charge in [-0.3, -0.25) is 0 Å². The van der Waals surface area contributed by atoms with Crippen LogP contribution in [0.2, 0.25) is 0 Å². The Kier molecular flexibility index (Phi) is 4.45. The predicted molar refractivity (Wildman–Crippen MR) is 90.6 cm³/mol. The normalized spacial score (nSPS) is 47.6. The number of esters is 1. The Morgan fingerprint density at radius 3 is 2.52 bits per heavy atom. The summed E-state index contributed by atoms with van der Waals surface area (Å²) >= 11 is 0. The molecular formula is C19H30O6. The van der Waals surface area contributed by atoms with Crippen LogP contribution in [0.3, 0.4) is 0 Å². The lowest BCUT2D eigenvalue weighted by Gasteiger charge is -2.32. The van der Waals surface area contributed by atoms with Crippen molar-refractivity contribution in [1.82, 2.24) is 0 Å². The molecule has 1 saturated carbocycles. The van der Waals surface area contributed by atoms with Crippen LogP contribution in [0.25, 0.3) is 0 Å². The number of methoxy groups -OCH3 is 1. The summed E-state index contributed by atoms with van der Waals surface area (Å²) in [5.41, 5.74) is -2.35. The van der Waals surface area contributed by atoms with Gasteiger partial charge >= 0.3 is 5.97 Å². The van der Waals surface area contributed by atoms with E-state index < -0.39 is 35.0 Å². The Hall–Kier alpha value is -1.11. The Morgan fingerprint density at radius 1 is 1.36 bits per heavy atom. The second kappa shape index (κ2) is 5.96. The molecule has 7 unspecified atom stereocenters. The van der Waals surface area contributed by atoms with Gasteiger partial charge in [0, 0.05) is 18.3 Å². The van der Waals surface area contributed by atoms with E-state index in [9.17, 15) is 15.0 Å². The highest BCUT2D eigenvalue weighted by Gasteiger charge is 2.78. The lowest BCUT2D eigenvalue weighted by molar-refractivity contribution is -0.135. The fourth-order valence-electron chi connectivity index (χ4n) is 5.57. The maximum atomic E-state index is 11.9. The number of hydrogen-bond acceptors (Lipinski definition) is 6. The molecule has 0 bridgehead atoms. The number of carbonyl (C=O) groups excluding carboxylic acids is 1. The largest absolute Gasteiger partial charge is 0.488 e. The third-order valence-corrected chi connectivity index (χ3v) is 6.75. The van der Waals surface area contributed by atoms with Crippen molar-refractivity contribution in [3.63, 3.8) is 0 Å². The van der Waals surface area contributed by atoms with Crippen molar-refractivity contribution in [3.8, 4) is 0 Å². The second-order valence-corrected chi connectivity index (χ2v) is 7.76. The molecule has 2 heterocycles. The first-order valence-electron chi connectivity index (χ1n) is 9.31. The van der Waals surface area contributed by atoms with Gasteiger partial charge in [-0.2, -0.15) is 0 Å². The first-order chi connectivity index (χ1) is 11.7. The van der Waals surface area contributed by atoms with E-state index in [1.54, 1.807) is 6.92 Å². The molecule has 25 heavy (non-hydrogen) atoms. The van der Waals surface area contributed by atoms with Crippen molar-refractivity contribution in [2.75, 3.05) is 7.11 Å². The van der Waals surface area contributed by atoms with Crippen molar-refractivity contribution < 1.29 is 29.2 Å². The van der Waals surface area contributed by atoms with Crippen LogP contribution in [0.1, 0.15) is 53.4 Å². The van der Waals surface area contributed by atoms with Gasteiger partial charge in [0.1, 0.15) is 17.0 Å². The highest BCUT2D eigenvalue weighted by molar-refractivity contribution is 5.83. The highest BCUT2D eigenvalue weighted by Crippen LogP contribution is 2.69. The van der Waals surface area contributed by atoms with Gasteiger partial charge in [0.05, 0.1) is 31.0 Å². The fourth-order valence-corrected chi connectivity index (χ4v) is 5.57. The Labute approximate surface area is 149 Å². The lowest BCUT2D eigenvalue weighted by Crippen LogP contribution is -2.43. The molecule has 2 N–H and O–H groups in total. The minimum Gasteiger partial charge on any atom is -0.488 e. The van der Waals surface area contributed by atoms with E-state index in [-0.39, 0.29) is 11.8 Å². The molecule has 0 aromatic heterocycles. The molecule has 0 aromatic rings. The van der Waals surface area contributed by atoms with Crippen LogP contribution < -0.4 is 0 Å². The van der Waals surface area contributed by atoms with Gasteiger partial charge in [0.15, 0.2) is 0 Å². The molecule has 2 aliphatic heterocycles. The van der Waals surface area contributed by atoms with Crippen LogP contribution in [-0.2, 0) is 19.0 Å². The SMILES string of the molecule is CCC1(O)CC2(CC)OC(=CC(=O)OC)C3(CC)OC(C(C)O)C1C23. The molecule has 3 aliphatic rings. The summed E-state index contributed by atoms with van der Waals surface area (Å²) < 4.78 is 17.5. The Balaban J connectivity index is 2.17. The summed E-state index contributed by atoms with van der Waals surface area (Å²) in [6, 6.07) is 0. The summed E-state index contributed by atoms with van der Waals surface area (Å²) in [6.45, 7) is 7.68. The minimum absolute atomic E-state index is 0.101. The van der Waals surface area contributed by atoms with E-state index in [0.29, 0.717) is 31.4 Å². The van der Waals surface area contributed by atoms with Gasteiger partial charge < -0.3 is 24.4 Å². The zero-order valence-corrected chi connectivity index (χ0v) is 15.7. The van der Waals surface area contributed by atoms with Gasteiger partial charge in [-0.25, -0.2) is 4.79 Å². The monoisotopic (exact) mass is 354 g/mol. The number of ether oxygens (including phenoxy) is 3. The maximum Gasteiger partial charge on any atom is 0.333 e. The molecule has 0 amide bonds. The van der Waals surface area contributed by atoms with E-state index in [2.05, 4.69) is 0 Å². The maximum absolute atomic E-state index is 11.9. The lowest BCUT2D eigenvalue weighted by atomic mass is 9.71. The van der Waals surface area contributed by atoms with Gasteiger partial charge in [-0.15, -0.1) is 0 Å². The molecule has 7 atom stereocenters. The third kappa shape index (κ3) is 2.30. The molecule has 6 heteroatoms. The van der Waals surface area contributed by atoms with Crippen LogP contribution in [0.5, 0.6) is 0 Å². The Bertz CT molecular complexity index is 586. The average molecular weight is 354 g/mol. The number of carbonyl (C=O) groups is 1. The summed E-state index contributed by atoms with van der Waals surface area (Å²) in [5, 5.41) is 21.7. The van der Waals surface area contributed by atoms with Gasteiger partial charge in [0.25, 0.3) is 0 Å². The molecular weight excluding hydrogens is 324 g/mol. The van der Waals surface area contributed by atoms with Gasteiger partial charge in [-0.1, -0.05) is 20.8 Å². The fraction of sp³-hybridized carbons (Fsp3) is 0.842. The van der Waals surface area contributed by atoms with E-state index in [4.69, 9.17) is 14.2 Å². The number of aliphatic hydroxyl groups is 2. The summed E-state index contributed by atoms with van der Waals surface area (Å²) in [6.07, 6.45) is 2.51. The topological polar surface area (TPSA) is 85.2 Å². The summed E-state index contributed by atoms with van der Waals surface area (Å²) in [5.74, 6) is -0.350. The molecule has 0 aromatic carbocycles. The molecule has 0 spiro atoms. The third-order valence-electron chi connectivity index (χ3n) is 6.75. The van der Waals surface area contributed by atoms with E-state index >= 15 is 0 Å². The Morgan fingerprint density at radius 2 is 2.04 bits per heavy atom. The van der Waals surface area contributed by atoms with Crippen LogP contribution in [0.4, 0.5) is 0 Å². The first kappa shape index (κ1) is 18.7. The van der Waals surface area contributed by atoms with E-state index in [1.807, 2.05) is 20.8 Å². The predicted octanol–water partition coefficient (Wildman–Crippen LogP) is 1.93. The number of rotatable bonds is 5. The van der Waals surface area contributed by atoms with Crippen molar-refractivity contribution >= 4 is 5.97 Å². The van der Waals surface area contributed by atoms with E-state index in [1.165, 1.54) is 13.2 Å². The number of aliphatic hydroxyl groups excluding tert-OH is 1. The summed E-state index contributed by atoms with van der Waals surface area (Å²) in [7, 11) is 1.33. The molecule has 3 rings (SSSR count). The molecule has 2 saturated heterocycles. The van der Waals surface area contributed by atoms with Gasteiger partial charge in [-0.05, 0) is 26.2 Å². The zero-order valence-electron chi connectivity index (χ0n) is 15.7. The zero-order chi connectivity index (χ0) is 18.6. The van der Waals surface area contributed by atoms with Crippen LogP contribution in [-0.4, -0.2) is 52.3 Å². The van der Waals surface area contributed by atoms with Crippen molar-refractivity contribution in [2.45, 2.75) is 82.4 Å². The van der Waals surface area contributed by atoms with Crippen molar-refractivity contribution in [2.24, 2.45) is 11.8 Å². The smallest absolute Gasteiger partial charge is 0.333 e. The van der Waals surface area contributed by atoms with Crippen molar-refractivity contribution in [1.29, 1.82) is 0 Å². The van der Waals surface area contributed by atoms with E-state index in [0.717, 1.165) is 0 Å². The van der Waals surface area contributed by atoms with Crippen LogP contribution in [0.15, 0.2) is 11.8 Å². The van der Waals surface area contributed by atoms with Crippen LogP contribution in [0, 0.1) is 11.8 Å². The first-order valence-corrected chi connectivity index (χ1v) is 9.31. The van der Waals surface area contributed by atoms with Crippen LogP contribution >= 0.6 is 0 Å². The summed E-state index contributed by atoms with van der Waals surface area (Å²) in [4.78, 5) is 11.9. The molecule has 142 valence electrons. The minimum atomic E-state index is -0.948. The highest BCUT2D eigenvalue weighted by atomic mass is 16.6. The average Bonchev–Trinajstić information content (AvgIpc) is 3.17. The second-order valence-electron chi connectivity index (χ2n) is 7.76. The number of hydrogen-bond donors (Lipinski definition) is 2. The molecule has 0 radical (unpaired) electrons. The standard InChI is InChI=1S/C19H30O6/c1-6-17(22)10-18(7-2)16-14(17)15(11(4)20)25-19(16,8-3)12(24-18)9-13(21)23-5/h9,11,14-16,20,22H,6-8,10H2,1-5H3. The molecule has 3 fully saturated rings. The quantitative estimate of drug-likeness (QED) is 0.580. The van der Waals surface area contributed by atoms with Gasteiger partial charge in [0.2, 0.25) is 0 Å². The molecule has 6 nitrogen and oxygen atoms in total. The molecule has 1 aliphatic carbocycles. The van der Waals surface area contributed by atoms with Crippen molar-refractivity contribution in [3.05, 3.63) is 11.8 Å².